The summed E-state index contributed by atoms with van der Waals surface area (Å²) in [4.78, 5) is 2.70. The number of hydrogen-bond donors (Lipinski definition) is 1. The average Bonchev–Trinajstić information content (AvgIpc) is 2.72. The Kier molecular flexibility index (Phi) is 6.26. The Labute approximate surface area is 95.4 Å². The maximum atomic E-state index is 3.61. The van der Waals surface area contributed by atoms with Crippen molar-refractivity contribution in [2.24, 2.45) is 0 Å². The van der Waals surface area contributed by atoms with Gasteiger partial charge >= 0.3 is 0 Å². The Bertz CT molecular complexity index is 149. The van der Waals surface area contributed by atoms with Crippen LogP contribution < -0.4 is 5.32 Å². The van der Waals surface area contributed by atoms with Crippen molar-refractivity contribution in [1.29, 1.82) is 0 Å². The van der Waals surface area contributed by atoms with Gasteiger partial charge in [0.2, 0.25) is 0 Å². The van der Waals surface area contributed by atoms with Gasteiger partial charge in [0.25, 0.3) is 0 Å². The molecule has 1 rings (SSSR count). The van der Waals surface area contributed by atoms with Gasteiger partial charge in [-0.3, -0.25) is 4.90 Å². The second-order valence-electron chi connectivity index (χ2n) is 4.76. The van der Waals surface area contributed by atoms with Crippen LogP contribution in [0.25, 0.3) is 0 Å². The van der Waals surface area contributed by atoms with Gasteiger partial charge < -0.3 is 5.32 Å². The highest BCUT2D eigenvalue weighted by molar-refractivity contribution is 4.80. The van der Waals surface area contributed by atoms with Gasteiger partial charge in [-0.15, -0.1) is 0 Å². The summed E-state index contributed by atoms with van der Waals surface area (Å²) in [5.41, 5.74) is 0. The standard InChI is InChI=1S/C13H28N2/c1-4-10-15(13(5-2)6-3)11-12-8-7-9-14-12/h12-14H,4-11H2,1-3H3. The van der Waals surface area contributed by atoms with Gasteiger partial charge in [0.05, 0.1) is 0 Å². The molecule has 0 bridgehead atoms. The largest absolute Gasteiger partial charge is 0.313 e. The second kappa shape index (κ2) is 7.24. The van der Waals surface area contributed by atoms with E-state index in [4.69, 9.17) is 0 Å². The van der Waals surface area contributed by atoms with Gasteiger partial charge in [0.1, 0.15) is 0 Å². The van der Waals surface area contributed by atoms with Crippen LogP contribution in [0.2, 0.25) is 0 Å². The van der Waals surface area contributed by atoms with Crippen LogP contribution in [0.1, 0.15) is 52.9 Å². The van der Waals surface area contributed by atoms with E-state index in [1.807, 2.05) is 0 Å². The SMILES string of the molecule is CCCN(CC1CCCN1)C(CC)CC. The van der Waals surface area contributed by atoms with Crippen LogP contribution in [0.5, 0.6) is 0 Å². The molecule has 1 aliphatic heterocycles. The van der Waals surface area contributed by atoms with E-state index in [0.717, 1.165) is 12.1 Å². The third-order valence-electron chi connectivity index (χ3n) is 3.59. The number of nitrogens with one attached hydrogen (secondary N) is 1. The highest BCUT2D eigenvalue weighted by atomic mass is 15.2. The lowest BCUT2D eigenvalue weighted by atomic mass is 10.1. The van der Waals surface area contributed by atoms with Crippen molar-refractivity contribution in [1.82, 2.24) is 10.2 Å². The highest BCUT2D eigenvalue weighted by Crippen LogP contribution is 2.13. The van der Waals surface area contributed by atoms with Crippen LogP contribution >= 0.6 is 0 Å². The molecule has 0 spiro atoms. The van der Waals surface area contributed by atoms with Gasteiger partial charge in [-0.25, -0.2) is 0 Å². The topological polar surface area (TPSA) is 15.3 Å². The van der Waals surface area contributed by atoms with Crippen molar-refractivity contribution in [3.05, 3.63) is 0 Å². The van der Waals surface area contributed by atoms with Gasteiger partial charge in [-0.2, -0.15) is 0 Å². The fourth-order valence-corrected chi connectivity index (χ4v) is 2.71. The molecule has 2 heteroatoms. The molecule has 1 aliphatic rings. The molecule has 0 aromatic rings. The summed E-state index contributed by atoms with van der Waals surface area (Å²) in [6, 6.07) is 1.56. The molecule has 2 nitrogen and oxygen atoms in total. The first-order valence-electron chi connectivity index (χ1n) is 6.79. The zero-order valence-electron chi connectivity index (χ0n) is 10.8. The summed E-state index contributed by atoms with van der Waals surface area (Å²) in [6.45, 7) is 10.7. The van der Waals surface area contributed by atoms with E-state index in [0.29, 0.717) is 0 Å². The first-order valence-corrected chi connectivity index (χ1v) is 6.79. The minimum atomic E-state index is 0.761. The molecule has 15 heavy (non-hydrogen) atoms. The zero-order chi connectivity index (χ0) is 11.1. The molecule has 1 N–H and O–H groups in total. The van der Waals surface area contributed by atoms with E-state index in [1.54, 1.807) is 0 Å². The predicted molar refractivity (Wildman–Crippen MR) is 67.3 cm³/mol. The molecule has 1 saturated heterocycles. The molecule has 0 aromatic heterocycles. The first-order chi connectivity index (χ1) is 7.31. The Balaban J connectivity index is 2.40. The van der Waals surface area contributed by atoms with Crippen molar-refractivity contribution in [3.8, 4) is 0 Å². The van der Waals surface area contributed by atoms with Crippen LogP contribution in [0, 0.1) is 0 Å². The Hall–Kier alpha value is -0.0800. The molecule has 0 aromatic carbocycles. The van der Waals surface area contributed by atoms with Crippen molar-refractivity contribution in [3.63, 3.8) is 0 Å². The van der Waals surface area contributed by atoms with Crippen LogP contribution in [0.15, 0.2) is 0 Å². The van der Waals surface area contributed by atoms with Crippen LogP contribution in [0.4, 0.5) is 0 Å². The van der Waals surface area contributed by atoms with Crippen LogP contribution in [-0.2, 0) is 0 Å². The van der Waals surface area contributed by atoms with Crippen molar-refractivity contribution >= 4 is 0 Å². The average molecular weight is 212 g/mol. The van der Waals surface area contributed by atoms with Gasteiger partial charge in [-0.1, -0.05) is 20.8 Å². The summed E-state index contributed by atoms with van der Waals surface area (Å²) < 4.78 is 0. The fraction of sp³-hybridized carbons (Fsp3) is 1.00. The number of hydrogen-bond acceptors (Lipinski definition) is 2. The van der Waals surface area contributed by atoms with Crippen molar-refractivity contribution < 1.29 is 0 Å². The number of nitrogens with zero attached hydrogens (tertiary/aromatic N) is 1. The lowest BCUT2D eigenvalue weighted by molar-refractivity contribution is 0.170. The lowest BCUT2D eigenvalue weighted by Crippen LogP contribution is -2.43. The molecule has 1 heterocycles. The molecule has 0 amide bonds. The minimum Gasteiger partial charge on any atom is -0.313 e. The summed E-state index contributed by atoms with van der Waals surface area (Å²) >= 11 is 0. The third kappa shape index (κ3) is 4.12. The van der Waals surface area contributed by atoms with E-state index < -0.39 is 0 Å². The van der Waals surface area contributed by atoms with Crippen LogP contribution in [-0.4, -0.2) is 36.6 Å². The Morgan fingerprint density at radius 1 is 1.27 bits per heavy atom. The van der Waals surface area contributed by atoms with Crippen LogP contribution in [0.3, 0.4) is 0 Å². The fourth-order valence-electron chi connectivity index (χ4n) is 2.71. The zero-order valence-corrected chi connectivity index (χ0v) is 10.8. The molecule has 1 atom stereocenters. The maximum Gasteiger partial charge on any atom is 0.0195 e. The van der Waals surface area contributed by atoms with Gasteiger partial charge in [-0.05, 0) is 45.2 Å². The van der Waals surface area contributed by atoms with E-state index >= 15 is 0 Å². The number of rotatable bonds is 7. The van der Waals surface area contributed by atoms with E-state index in [-0.39, 0.29) is 0 Å². The minimum absolute atomic E-state index is 0.761. The van der Waals surface area contributed by atoms with Gasteiger partial charge in [0.15, 0.2) is 0 Å². The normalized spacial score (nSPS) is 21.8. The smallest absolute Gasteiger partial charge is 0.0195 e. The lowest BCUT2D eigenvalue weighted by Gasteiger charge is -2.32. The summed E-state index contributed by atoms with van der Waals surface area (Å²) in [5.74, 6) is 0. The third-order valence-corrected chi connectivity index (χ3v) is 3.59. The highest BCUT2D eigenvalue weighted by Gasteiger charge is 2.21. The monoisotopic (exact) mass is 212 g/mol. The Morgan fingerprint density at radius 3 is 2.47 bits per heavy atom. The summed E-state index contributed by atoms with van der Waals surface area (Å²) in [6.07, 6.45) is 6.61. The molecule has 1 unspecified atom stereocenters. The van der Waals surface area contributed by atoms with Crippen molar-refractivity contribution in [2.75, 3.05) is 19.6 Å². The summed E-state index contributed by atoms with van der Waals surface area (Å²) in [5, 5.41) is 3.61. The van der Waals surface area contributed by atoms with Gasteiger partial charge in [0, 0.05) is 18.6 Å². The predicted octanol–water partition coefficient (Wildman–Crippen LogP) is 2.64. The Morgan fingerprint density at radius 2 is 2.00 bits per heavy atom. The molecular formula is C13H28N2. The van der Waals surface area contributed by atoms with E-state index in [2.05, 4.69) is 31.0 Å². The molecule has 0 radical (unpaired) electrons. The molecule has 90 valence electrons. The second-order valence-corrected chi connectivity index (χ2v) is 4.76. The summed E-state index contributed by atoms with van der Waals surface area (Å²) in [7, 11) is 0. The molecule has 1 fully saturated rings. The molecule has 0 aliphatic carbocycles. The van der Waals surface area contributed by atoms with E-state index in [1.165, 1.54) is 51.7 Å². The van der Waals surface area contributed by atoms with Crippen molar-refractivity contribution in [2.45, 2.75) is 65.0 Å². The molecule has 0 saturated carbocycles. The quantitative estimate of drug-likeness (QED) is 0.698. The first kappa shape index (κ1) is 13.0. The maximum absolute atomic E-state index is 3.61. The molecular weight excluding hydrogens is 184 g/mol. The van der Waals surface area contributed by atoms with E-state index in [9.17, 15) is 0 Å².